The zero-order valence-electron chi connectivity index (χ0n) is 22.6. The SMILES string of the molecule is C1=CC2Oc3ccccc3C3(c4c(cccc4-n4c5c(c6c4CCC=C6)CCC=C5)OC4CCC=CC43)C2C=C1. The van der Waals surface area contributed by atoms with E-state index < -0.39 is 0 Å². The monoisotopic (exact) mass is 523 g/mol. The van der Waals surface area contributed by atoms with Crippen LogP contribution in [0.2, 0.25) is 0 Å². The largest absolute Gasteiger partial charge is 0.489 e. The normalized spacial score (nSPS) is 29.9. The van der Waals surface area contributed by atoms with Crippen molar-refractivity contribution in [3.05, 3.63) is 125 Å². The van der Waals surface area contributed by atoms with Crippen molar-refractivity contribution in [3.8, 4) is 17.2 Å². The Morgan fingerprint density at radius 3 is 2.62 bits per heavy atom. The minimum Gasteiger partial charge on any atom is -0.489 e. The fourth-order valence-electron chi connectivity index (χ4n) is 8.70. The van der Waals surface area contributed by atoms with Crippen molar-refractivity contribution < 1.29 is 9.47 Å². The van der Waals surface area contributed by atoms with Gasteiger partial charge in [0.15, 0.2) is 0 Å². The molecular formula is C37H33NO2. The van der Waals surface area contributed by atoms with Crippen LogP contribution in [-0.2, 0) is 18.3 Å². The van der Waals surface area contributed by atoms with Crippen LogP contribution in [0, 0.1) is 11.8 Å². The fourth-order valence-corrected chi connectivity index (χ4v) is 8.70. The molecule has 0 N–H and O–H groups in total. The topological polar surface area (TPSA) is 23.4 Å². The molecule has 4 aliphatic carbocycles. The molecule has 6 aliphatic rings. The van der Waals surface area contributed by atoms with Gasteiger partial charge in [-0.2, -0.15) is 0 Å². The predicted octanol–water partition coefficient (Wildman–Crippen LogP) is 7.91. The summed E-state index contributed by atoms with van der Waals surface area (Å²) in [4.78, 5) is 0. The number of rotatable bonds is 1. The molecule has 0 radical (unpaired) electrons. The summed E-state index contributed by atoms with van der Waals surface area (Å²) in [7, 11) is 0. The molecule has 2 aromatic carbocycles. The zero-order valence-corrected chi connectivity index (χ0v) is 22.6. The first-order valence-electron chi connectivity index (χ1n) is 15.0. The van der Waals surface area contributed by atoms with E-state index in [0.717, 1.165) is 50.0 Å². The van der Waals surface area contributed by atoms with Crippen molar-refractivity contribution >= 4 is 12.2 Å². The smallest absolute Gasteiger partial charge is 0.126 e. The molecule has 3 aromatic rings. The second kappa shape index (κ2) is 8.51. The minimum atomic E-state index is -0.320. The van der Waals surface area contributed by atoms with Crippen molar-refractivity contribution in [2.75, 3.05) is 0 Å². The number of hydrogen-bond donors (Lipinski definition) is 0. The van der Waals surface area contributed by atoms with Crippen LogP contribution in [0.25, 0.3) is 17.8 Å². The average molecular weight is 524 g/mol. The van der Waals surface area contributed by atoms with E-state index in [4.69, 9.17) is 9.47 Å². The number of allylic oxidation sites excluding steroid dienone is 5. The first-order valence-corrected chi connectivity index (χ1v) is 15.0. The van der Waals surface area contributed by atoms with Gasteiger partial charge in [-0.25, -0.2) is 0 Å². The summed E-state index contributed by atoms with van der Waals surface area (Å²) in [5, 5.41) is 0. The van der Waals surface area contributed by atoms with E-state index in [1.807, 2.05) is 0 Å². The van der Waals surface area contributed by atoms with Crippen LogP contribution in [0.3, 0.4) is 0 Å². The third-order valence-corrected chi connectivity index (χ3v) is 10.2. The number of hydrogen-bond acceptors (Lipinski definition) is 2. The van der Waals surface area contributed by atoms with Crippen LogP contribution in [0.5, 0.6) is 11.5 Å². The Hall–Kier alpha value is -3.98. The molecular weight excluding hydrogens is 490 g/mol. The molecule has 0 saturated carbocycles. The lowest BCUT2D eigenvalue weighted by atomic mass is 9.52. The van der Waals surface area contributed by atoms with Crippen LogP contribution in [-0.4, -0.2) is 16.8 Å². The van der Waals surface area contributed by atoms with E-state index >= 15 is 0 Å². The molecule has 40 heavy (non-hydrogen) atoms. The Kier molecular flexibility index (Phi) is 4.85. The summed E-state index contributed by atoms with van der Waals surface area (Å²) in [5.41, 5.74) is 9.30. The molecule has 1 aromatic heterocycles. The number of nitrogens with zero attached hydrogens (tertiary/aromatic N) is 1. The highest BCUT2D eigenvalue weighted by molar-refractivity contribution is 5.74. The molecule has 198 valence electrons. The van der Waals surface area contributed by atoms with E-state index in [9.17, 15) is 0 Å². The molecule has 5 atom stereocenters. The lowest BCUT2D eigenvalue weighted by Crippen LogP contribution is -2.58. The molecule has 9 rings (SSSR count). The molecule has 3 heterocycles. The van der Waals surface area contributed by atoms with E-state index in [1.165, 1.54) is 39.3 Å². The van der Waals surface area contributed by atoms with Crippen LogP contribution < -0.4 is 9.47 Å². The van der Waals surface area contributed by atoms with Gasteiger partial charge < -0.3 is 14.0 Å². The molecule has 0 saturated heterocycles. The molecule has 3 nitrogen and oxygen atoms in total. The molecule has 3 heteroatoms. The van der Waals surface area contributed by atoms with Gasteiger partial charge >= 0.3 is 0 Å². The molecule has 0 bridgehead atoms. The van der Waals surface area contributed by atoms with Gasteiger partial charge in [0.05, 0.1) is 5.69 Å². The average Bonchev–Trinajstić information content (AvgIpc) is 3.35. The maximum absolute atomic E-state index is 7.01. The Morgan fingerprint density at radius 1 is 0.750 bits per heavy atom. The van der Waals surface area contributed by atoms with Crippen molar-refractivity contribution in [1.82, 2.24) is 4.57 Å². The zero-order chi connectivity index (χ0) is 26.3. The molecule has 0 fully saturated rings. The fraction of sp³-hybridized carbons (Fsp3) is 0.297. The van der Waals surface area contributed by atoms with Gasteiger partial charge in [0, 0.05) is 39.8 Å². The Morgan fingerprint density at radius 2 is 1.62 bits per heavy atom. The number of fused-ring (bicyclic) bond motifs is 11. The number of para-hydroxylation sites is 1. The first-order chi connectivity index (χ1) is 19.9. The Bertz CT molecular complexity index is 1690. The summed E-state index contributed by atoms with van der Waals surface area (Å²) < 4.78 is 16.4. The summed E-state index contributed by atoms with van der Waals surface area (Å²) in [6.07, 6.45) is 29.9. The van der Waals surface area contributed by atoms with Crippen molar-refractivity contribution in [2.24, 2.45) is 11.8 Å². The third-order valence-electron chi connectivity index (χ3n) is 10.2. The van der Waals surface area contributed by atoms with Crippen molar-refractivity contribution in [2.45, 2.75) is 56.1 Å². The van der Waals surface area contributed by atoms with E-state index in [2.05, 4.69) is 108 Å². The Balaban J connectivity index is 1.42. The lowest BCUT2D eigenvalue weighted by Gasteiger charge is -2.57. The Labute approximate surface area is 235 Å². The van der Waals surface area contributed by atoms with E-state index in [1.54, 1.807) is 0 Å². The summed E-state index contributed by atoms with van der Waals surface area (Å²) in [6, 6.07) is 15.6. The highest BCUT2D eigenvalue weighted by Crippen LogP contribution is 2.62. The highest BCUT2D eigenvalue weighted by atomic mass is 16.5. The van der Waals surface area contributed by atoms with Crippen LogP contribution >= 0.6 is 0 Å². The maximum atomic E-state index is 7.01. The quantitative estimate of drug-likeness (QED) is 0.303. The minimum absolute atomic E-state index is 0.0230. The first kappa shape index (κ1) is 22.8. The molecule has 2 aliphatic heterocycles. The summed E-state index contributed by atoms with van der Waals surface area (Å²) in [5.74, 6) is 2.41. The van der Waals surface area contributed by atoms with Gasteiger partial charge in [-0.05, 0) is 80.0 Å². The van der Waals surface area contributed by atoms with Gasteiger partial charge in [0.2, 0.25) is 0 Å². The van der Waals surface area contributed by atoms with E-state index in [0.29, 0.717) is 0 Å². The van der Waals surface area contributed by atoms with Gasteiger partial charge in [-0.3, -0.25) is 0 Å². The number of aromatic nitrogens is 1. The van der Waals surface area contributed by atoms with Crippen LogP contribution in [0.4, 0.5) is 0 Å². The number of benzene rings is 2. The molecule has 0 amide bonds. The summed E-state index contributed by atoms with van der Waals surface area (Å²) >= 11 is 0. The van der Waals surface area contributed by atoms with Gasteiger partial charge in [-0.15, -0.1) is 0 Å². The predicted molar refractivity (Wildman–Crippen MR) is 160 cm³/mol. The summed E-state index contributed by atoms with van der Waals surface area (Å²) in [6.45, 7) is 0. The maximum Gasteiger partial charge on any atom is 0.126 e. The van der Waals surface area contributed by atoms with Crippen LogP contribution in [0.15, 0.2) is 91.1 Å². The molecule has 1 spiro atoms. The van der Waals surface area contributed by atoms with Crippen molar-refractivity contribution in [1.29, 1.82) is 0 Å². The lowest BCUT2D eigenvalue weighted by molar-refractivity contribution is 0.0216. The highest BCUT2D eigenvalue weighted by Gasteiger charge is 2.60. The van der Waals surface area contributed by atoms with Crippen molar-refractivity contribution in [3.63, 3.8) is 0 Å². The van der Waals surface area contributed by atoms with Gasteiger partial charge in [-0.1, -0.05) is 72.9 Å². The van der Waals surface area contributed by atoms with Gasteiger partial charge in [0.25, 0.3) is 0 Å². The second-order valence-corrected chi connectivity index (χ2v) is 12.0. The standard InChI is InChI=1S/C37H33NO2/c1-6-17-29-24(12-1)25-13-2-7-18-30(25)38(29)31-19-11-23-35-36(31)37(28-16-5-10-22-34(28)40-35)26-14-3-8-20-32(26)39-33-21-9-4-15-27(33)37/h1,3-5,7-9,11-12,14-16,18-21,23,26,28,32,34H,2,6,10,13,17,22H2. The third kappa shape index (κ3) is 2.90. The van der Waals surface area contributed by atoms with Gasteiger partial charge in [0.1, 0.15) is 23.7 Å². The van der Waals surface area contributed by atoms with Crippen LogP contribution in [0.1, 0.15) is 59.3 Å². The second-order valence-electron chi connectivity index (χ2n) is 12.0. The number of ether oxygens (including phenoxy) is 2. The van der Waals surface area contributed by atoms with E-state index in [-0.39, 0.29) is 29.5 Å². The molecule has 5 unspecified atom stereocenters.